The van der Waals surface area contributed by atoms with Gasteiger partial charge >= 0.3 is 0 Å². The molecule has 0 aromatic heterocycles. The molecule has 1 heterocycles. The number of fused-ring (bicyclic) bond motifs is 1. The molecule has 0 radical (unpaired) electrons. The van der Waals surface area contributed by atoms with Crippen LogP contribution in [0.25, 0.3) is 0 Å². The summed E-state index contributed by atoms with van der Waals surface area (Å²) in [7, 11) is -3.29. The van der Waals surface area contributed by atoms with Gasteiger partial charge in [-0.25, -0.2) is 8.42 Å². The summed E-state index contributed by atoms with van der Waals surface area (Å²) < 4.78 is 25.2. The van der Waals surface area contributed by atoms with Crippen molar-refractivity contribution in [1.29, 1.82) is 0 Å². The van der Waals surface area contributed by atoms with Crippen LogP contribution in [0.15, 0.2) is 42.5 Å². The van der Waals surface area contributed by atoms with Crippen LogP contribution < -0.4 is 9.62 Å². The number of carbonyl (C=O) groups excluding carboxylic acids is 1. The lowest BCUT2D eigenvalue weighted by Crippen LogP contribution is -2.34. The number of amides is 1. The zero-order valence-electron chi connectivity index (χ0n) is 14.5. The van der Waals surface area contributed by atoms with Crippen LogP contribution in [-0.2, 0) is 23.0 Å². The summed E-state index contributed by atoms with van der Waals surface area (Å²) in [4.78, 5) is 12.5. The number of aryl methyl sites for hydroxylation is 2. The van der Waals surface area contributed by atoms with Crippen LogP contribution in [0.3, 0.4) is 0 Å². The highest BCUT2D eigenvalue weighted by molar-refractivity contribution is 7.92. The van der Waals surface area contributed by atoms with E-state index in [0.717, 1.165) is 29.5 Å². The van der Waals surface area contributed by atoms with Crippen LogP contribution in [0.5, 0.6) is 0 Å². The fourth-order valence-electron chi connectivity index (χ4n) is 3.13. The molecule has 2 aromatic carbocycles. The summed E-state index contributed by atoms with van der Waals surface area (Å²) in [6.45, 7) is 2.98. The molecule has 5 nitrogen and oxygen atoms in total. The zero-order valence-corrected chi connectivity index (χ0v) is 15.3. The average molecular weight is 358 g/mol. The van der Waals surface area contributed by atoms with Crippen molar-refractivity contribution in [2.24, 2.45) is 0 Å². The summed E-state index contributed by atoms with van der Waals surface area (Å²) in [5.74, 6) is -0.150. The molecule has 0 aliphatic carbocycles. The van der Waals surface area contributed by atoms with Crippen LogP contribution >= 0.6 is 0 Å². The number of nitrogens with one attached hydrogen (secondary N) is 1. The van der Waals surface area contributed by atoms with Gasteiger partial charge in [0.2, 0.25) is 10.0 Å². The number of hydrogen-bond acceptors (Lipinski definition) is 3. The van der Waals surface area contributed by atoms with Gasteiger partial charge in [0.15, 0.2) is 0 Å². The van der Waals surface area contributed by atoms with Crippen molar-refractivity contribution in [2.75, 3.05) is 17.1 Å². The van der Waals surface area contributed by atoms with Crippen molar-refractivity contribution in [1.82, 2.24) is 5.32 Å². The zero-order chi connectivity index (χ0) is 18.0. The molecular formula is C19H22N2O3S. The van der Waals surface area contributed by atoms with E-state index in [9.17, 15) is 13.2 Å². The first-order chi connectivity index (χ1) is 11.9. The van der Waals surface area contributed by atoms with E-state index in [4.69, 9.17) is 0 Å². The first-order valence-electron chi connectivity index (χ1n) is 8.29. The molecule has 6 heteroatoms. The predicted octanol–water partition coefficient (Wildman–Crippen LogP) is 2.64. The lowest BCUT2D eigenvalue weighted by molar-refractivity contribution is 0.0951. The van der Waals surface area contributed by atoms with Gasteiger partial charge in [-0.15, -0.1) is 0 Å². The van der Waals surface area contributed by atoms with Gasteiger partial charge in [0.1, 0.15) is 0 Å². The molecule has 1 aliphatic rings. The van der Waals surface area contributed by atoms with E-state index in [1.807, 2.05) is 31.2 Å². The molecule has 1 amide bonds. The molecule has 0 bridgehead atoms. The molecule has 0 saturated carbocycles. The number of anilines is 1. The summed E-state index contributed by atoms with van der Waals surface area (Å²) in [5, 5.41) is 2.93. The highest BCUT2D eigenvalue weighted by Crippen LogP contribution is 2.29. The number of carbonyl (C=O) groups is 1. The van der Waals surface area contributed by atoms with Crippen molar-refractivity contribution in [3.05, 3.63) is 64.7 Å². The molecule has 0 fully saturated rings. The quantitative estimate of drug-likeness (QED) is 0.914. The Morgan fingerprint density at radius 3 is 2.68 bits per heavy atom. The minimum atomic E-state index is -3.29. The molecule has 1 aliphatic heterocycles. The number of benzene rings is 2. The highest BCUT2D eigenvalue weighted by atomic mass is 32.2. The van der Waals surface area contributed by atoms with Crippen LogP contribution in [0, 0.1) is 6.92 Å². The Morgan fingerprint density at radius 2 is 1.96 bits per heavy atom. The largest absolute Gasteiger partial charge is 0.348 e. The molecule has 3 rings (SSSR count). The van der Waals surface area contributed by atoms with E-state index in [0.29, 0.717) is 24.3 Å². The summed E-state index contributed by atoms with van der Waals surface area (Å²) in [6.07, 6.45) is 2.75. The second kappa shape index (κ2) is 6.88. The van der Waals surface area contributed by atoms with E-state index < -0.39 is 10.0 Å². The normalized spacial score (nSPS) is 14.1. The van der Waals surface area contributed by atoms with Crippen LogP contribution in [0.1, 0.15) is 33.5 Å². The van der Waals surface area contributed by atoms with E-state index in [1.54, 1.807) is 18.2 Å². The number of rotatable bonds is 4. The van der Waals surface area contributed by atoms with E-state index in [1.165, 1.54) is 10.6 Å². The fraction of sp³-hybridized carbons (Fsp3) is 0.316. The molecule has 0 unspecified atom stereocenters. The Bertz CT molecular complexity index is 907. The minimum Gasteiger partial charge on any atom is -0.348 e. The summed E-state index contributed by atoms with van der Waals surface area (Å²) in [6, 6.07) is 13.2. The maximum atomic E-state index is 12.5. The SMILES string of the molecule is Cc1ccccc1CNC(=O)c1ccc2c(c1)CCCN2S(C)(=O)=O. The number of nitrogens with zero attached hydrogens (tertiary/aromatic N) is 1. The van der Waals surface area contributed by atoms with Crippen molar-refractivity contribution in [3.63, 3.8) is 0 Å². The molecule has 132 valence electrons. The lowest BCUT2D eigenvalue weighted by Gasteiger charge is -2.29. The maximum Gasteiger partial charge on any atom is 0.251 e. The van der Waals surface area contributed by atoms with Gasteiger partial charge in [0, 0.05) is 18.7 Å². The number of hydrogen-bond donors (Lipinski definition) is 1. The topological polar surface area (TPSA) is 66.5 Å². The van der Waals surface area contributed by atoms with Gasteiger partial charge in [-0.05, 0) is 54.7 Å². The summed E-state index contributed by atoms with van der Waals surface area (Å²) >= 11 is 0. The fourth-order valence-corrected chi connectivity index (χ4v) is 4.13. The Kier molecular flexibility index (Phi) is 4.81. The molecular weight excluding hydrogens is 336 g/mol. The second-order valence-electron chi connectivity index (χ2n) is 6.39. The van der Waals surface area contributed by atoms with Gasteiger partial charge in [-0.2, -0.15) is 0 Å². The van der Waals surface area contributed by atoms with E-state index in [2.05, 4.69) is 5.32 Å². The van der Waals surface area contributed by atoms with Crippen LogP contribution in [-0.4, -0.2) is 27.1 Å². The standard InChI is InChI=1S/C19H22N2O3S/c1-14-6-3-4-7-17(14)13-20-19(22)16-9-10-18-15(12-16)8-5-11-21(18)25(2,23)24/h3-4,6-7,9-10,12H,5,8,11,13H2,1-2H3,(H,20,22). The van der Waals surface area contributed by atoms with Gasteiger partial charge in [0.05, 0.1) is 11.9 Å². The predicted molar refractivity (Wildman–Crippen MR) is 99.3 cm³/mol. The molecule has 1 N–H and O–H groups in total. The maximum absolute atomic E-state index is 12.5. The first kappa shape index (κ1) is 17.5. The average Bonchev–Trinajstić information content (AvgIpc) is 2.59. The van der Waals surface area contributed by atoms with Crippen LogP contribution in [0.2, 0.25) is 0 Å². The Hall–Kier alpha value is -2.34. The van der Waals surface area contributed by atoms with Crippen molar-refractivity contribution >= 4 is 21.6 Å². The van der Waals surface area contributed by atoms with Gasteiger partial charge in [-0.1, -0.05) is 24.3 Å². The van der Waals surface area contributed by atoms with Crippen LogP contribution in [0.4, 0.5) is 5.69 Å². The third-order valence-corrected chi connectivity index (χ3v) is 5.70. The Morgan fingerprint density at radius 1 is 1.20 bits per heavy atom. The molecule has 0 spiro atoms. The molecule has 0 saturated heterocycles. The van der Waals surface area contributed by atoms with E-state index in [-0.39, 0.29) is 5.91 Å². The smallest absolute Gasteiger partial charge is 0.251 e. The third kappa shape index (κ3) is 3.85. The summed E-state index contributed by atoms with van der Waals surface area (Å²) in [5.41, 5.74) is 4.36. The van der Waals surface area contributed by atoms with Gasteiger partial charge < -0.3 is 5.32 Å². The Balaban J connectivity index is 1.78. The van der Waals surface area contributed by atoms with Crippen molar-refractivity contribution in [3.8, 4) is 0 Å². The lowest BCUT2D eigenvalue weighted by atomic mass is 10.0. The molecule has 0 atom stereocenters. The number of sulfonamides is 1. The minimum absolute atomic E-state index is 0.150. The Labute approximate surface area is 148 Å². The molecule has 25 heavy (non-hydrogen) atoms. The van der Waals surface area contributed by atoms with Gasteiger partial charge in [0.25, 0.3) is 5.91 Å². The monoisotopic (exact) mass is 358 g/mol. The second-order valence-corrected chi connectivity index (χ2v) is 8.30. The third-order valence-electron chi connectivity index (χ3n) is 4.52. The van der Waals surface area contributed by atoms with E-state index >= 15 is 0 Å². The highest BCUT2D eigenvalue weighted by Gasteiger charge is 2.24. The first-order valence-corrected chi connectivity index (χ1v) is 10.1. The van der Waals surface area contributed by atoms with Crippen molar-refractivity contribution in [2.45, 2.75) is 26.3 Å². The molecule has 2 aromatic rings. The van der Waals surface area contributed by atoms with Crippen molar-refractivity contribution < 1.29 is 13.2 Å². The van der Waals surface area contributed by atoms with Gasteiger partial charge in [-0.3, -0.25) is 9.10 Å².